The summed E-state index contributed by atoms with van der Waals surface area (Å²) in [5.41, 5.74) is 0. The normalized spacial score (nSPS) is 60.3. The molecule has 0 nitrogen and oxygen atoms in total. The van der Waals surface area contributed by atoms with Crippen molar-refractivity contribution in [3.05, 3.63) is 0 Å². The van der Waals surface area contributed by atoms with E-state index in [1.54, 1.807) is 0 Å². The molecule has 0 aromatic carbocycles. The van der Waals surface area contributed by atoms with Crippen LogP contribution in [0.3, 0.4) is 0 Å². The van der Waals surface area contributed by atoms with Gasteiger partial charge in [0, 0.05) is 4.87 Å². The smallest absolute Gasteiger partial charge is 0.0454 e. The zero-order valence-electron chi connectivity index (χ0n) is 6.85. The first kappa shape index (κ1) is 6.77. The highest BCUT2D eigenvalue weighted by Gasteiger charge is 2.49. The van der Waals surface area contributed by atoms with Crippen LogP contribution < -0.4 is 0 Å². The molecule has 0 aliphatic heterocycles. The maximum absolute atomic E-state index is 6.53. The second-order valence-electron chi connectivity index (χ2n) is 5.07. The summed E-state index contributed by atoms with van der Waals surface area (Å²) in [7, 11) is 0. The molecule has 4 aliphatic rings. The Labute approximate surface area is 73.3 Å². The van der Waals surface area contributed by atoms with Crippen LogP contribution in [0.2, 0.25) is 0 Å². The van der Waals surface area contributed by atoms with E-state index in [4.69, 9.17) is 11.6 Å². The molecule has 11 heavy (non-hydrogen) atoms. The Hall–Kier alpha value is 0.290. The highest BCUT2D eigenvalue weighted by Crippen LogP contribution is 2.58. The molecule has 4 aliphatic carbocycles. The second-order valence-corrected chi connectivity index (χ2v) is 5.87. The molecule has 0 aromatic rings. The molecule has 0 spiro atoms. The first-order chi connectivity index (χ1) is 5.23. The maximum Gasteiger partial charge on any atom is 0.0454 e. The molecule has 0 N–H and O–H groups in total. The van der Waals surface area contributed by atoms with Gasteiger partial charge in [0.1, 0.15) is 0 Å². The minimum absolute atomic E-state index is 0.273. The summed E-state index contributed by atoms with van der Waals surface area (Å²) in [5.74, 6) is 3.04. The molecule has 4 fully saturated rings. The Morgan fingerprint density at radius 2 is 1.18 bits per heavy atom. The second kappa shape index (κ2) is 1.96. The lowest BCUT2D eigenvalue weighted by Crippen LogP contribution is -2.47. The van der Waals surface area contributed by atoms with Crippen LogP contribution in [-0.2, 0) is 0 Å². The largest absolute Gasteiger partial charge is 0.119 e. The molecule has 0 atom stereocenters. The zero-order chi connectivity index (χ0) is 7.47. The van der Waals surface area contributed by atoms with E-state index in [-0.39, 0.29) is 4.87 Å². The van der Waals surface area contributed by atoms with Crippen molar-refractivity contribution in [2.45, 2.75) is 43.4 Å². The van der Waals surface area contributed by atoms with E-state index in [0.29, 0.717) is 0 Å². The van der Waals surface area contributed by atoms with Gasteiger partial charge in [0.25, 0.3) is 0 Å². The molecular formula is C10H15Cl. The van der Waals surface area contributed by atoms with E-state index in [1.807, 2.05) is 0 Å². The lowest BCUT2D eigenvalue weighted by atomic mass is 9.56. The van der Waals surface area contributed by atoms with Crippen LogP contribution in [0.4, 0.5) is 0 Å². The van der Waals surface area contributed by atoms with Crippen LogP contribution in [0.1, 0.15) is 38.5 Å². The van der Waals surface area contributed by atoms with Crippen molar-refractivity contribution in [1.29, 1.82) is 0 Å². The van der Waals surface area contributed by atoms with Crippen molar-refractivity contribution < 1.29 is 0 Å². The predicted octanol–water partition coefficient (Wildman–Crippen LogP) is 3.19. The van der Waals surface area contributed by atoms with Gasteiger partial charge in [-0.1, -0.05) is 0 Å². The summed E-state index contributed by atoms with van der Waals surface area (Å²) in [6, 6.07) is 0. The zero-order valence-corrected chi connectivity index (χ0v) is 7.61. The summed E-state index contributed by atoms with van der Waals surface area (Å²) in [6.45, 7) is 0. The third-order valence-electron chi connectivity index (χ3n) is 3.96. The molecule has 0 amide bonds. The van der Waals surface area contributed by atoms with Crippen molar-refractivity contribution in [2.75, 3.05) is 0 Å². The summed E-state index contributed by atoms with van der Waals surface area (Å²) in [4.78, 5) is 0.273. The van der Waals surface area contributed by atoms with Gasteiger partial charge in [-0.15, -0.1) is 11.6 Å². The Bertz CT molecular complexity index is 150. The number of rotatable bonds is 0. The molecule has 0 heterocycles. The van der Waals surface area contributed by atoms with E-state index < -0.39 is 0 Å². The molecule has 4 saturated carbocycles. The Kier molecular flexibility index (Phi) is 1.21. The molecule has 0 saturated heterocycles. The fraction of sp³-hybridized carbons (Fsp3) is 1.00. The van der Waals surface area contributed by atoms with E-state index in [9.17, 15) is 0 Å². The van der Waals surface area contributed by atoms with Crippen LogP contribution in [0.25, 0.3) is 0 Å². The third kappa shape index (κ3) is 0.950. The summed E-state index contributed by atoms with van der Waals surface area (Å²) >= 11 is 6.53. The molecule has 0 radical (unpaired) electrons. The van der Waals surface area contributed by atoms with Crippen LogP contribution in [0.15, 0.2) is 0 Å². The van der Waals surface area contributed by atoms with Gasteiger partial charge in [-0.25, -0.2) is 0 Å². The van der Waals surface area contributed by atoms with Gasteiger partial charge >= 0.3 is 0 Å². The lowest BCUT2D eigenvalue weighted by Gasteiger charge is -2.54. The van der Waals surface area contributed by atoms with Crippen LogP contribution in [-0.4, -0.2) is 4.87 Å². The fourth-order valence-electron chi connectivity index (χ4n) is 4.00. The van der Waals surface area contributed by atoms with Crippen molar-refractivity contribution in [2.24, 2.45) is 17.8 Å². The predicted molar refractivity (Wildman–Crippen MR) is 46.8 cm³/mol. The van der Waals surface area contributed by atoms with Crippen LogP contribution >= 0.6 is 11.6 Å². The summed E-state index contributed by atoms with van der Waals surface area (Å²) in [5, 5.41) is 0. The van der Waals surface area contributed by atoms with E-state index in [2.05, 4.69) is 0 Å². The average Bonchev–Trinajstić information content (AvgIpc) is 1.79. The van der Waals surface area contributed by atoms with Crippen molar-refractivity contribution in [3.8, 4) is 0 Å². The SMILES string of the molecule is ClC12CC3CC(CC(C3)C1)C2. The molecule has 1 heteroatoms. The van der Waals surface area contributed by atoms with Crippen molar-refractivity contribution in [1.82, 2.24) is 0 Å². The quantitative estimate of drug-likeness (QED) is 0.490. The Balaban J connectivity index is 1.94. The maximum atomic E-state index is 6.53. The van der Waals surface area contributed by atoms with E-state index in [0.717, 1.165) is 17.8 Å². The highest BCUT2D eigenvalue weighted by molar-refractivity contribution is 6.24. The van der Waals surface area contributed by atoms with Gasteiger partial charge in [0.15, 0.2) is 0 Å². The Morgan fingerprint density at radius 1 is 0.818 bits per heavy atom. The molecule has 0 aromatic heterocycles. The fourth-order valence-corrected chi connectivity index (χ4v) is 4.66. The molecule has 0 unspecified atom stereocenters. The van der Waals surface area contributed by atoms with Gasteiger partial charge in [-0.05, 0) is 56.3 Å². The molecule has 62 valence electrons. The summed E-state index contributed by atoms with van der Waals surface area (Å²) in [6.07, 6.45) is 8.52. The van der Waals surface area contributed by atoms with E-state index in [1.165, 1.54) is 38.5 Å². The minimum atomic E-state index is 0.273. The number of hydrogen-bond donors (Lipinski definition) is 0. The topological polar surface area (TPSA) is 0 Å². The molecule has 4 rings (SSSR count). The van der Waals surface area contributed by atoms with Crippen molar-refractivity contribution >= 4 is 11.6 Å². The molecular weight excluding hydrogens is 156 g/mol. The monoisotopic (exact) mass is 170 g/mol. The number of halogens is 1. The average molecular weight is 171 g/mol. The van der Waals surface area contributed by atoms with Gasteiger partial charge in [-0.3, -0.25) is 0 Å². The summed E-state index contributed by atoms with van der Waals surface area (Å²) < 4.78 is 0. The minimum Gasteiger partial charge on any atom is -0.119 e. The third-order valence-corrected chi connectivity index (χ3v) is 4.43. The number of hydrogen-bond acceptors (Lipinski definition) is 0. The standard InChI is InChI=1S/C10H15Cl/c11-10-4-7-1-8(5-10)3-9(2-7)6-10/h7-9H,1-6H2. The molecule has 4 bridgehead atoms. The number of alkyl halides is 1. The first-order valence-electron chi connectivity index (χ1n) is 4.92. The van der Waals surface area contributed by atoms with Gasteiger partial charge in [0.05, 0.1) is 0 Å². The lowest BCUT2D eigenvalue weighted by molar-refractivity contribution is 0.0349. The van der Waals surface area contributed by atoms with Gasteiger partial charge < -0.3 is 0 Å². The van der Waals surface area contributed by atoms with Crippen LogP contribution in [0.5, 0.6) is 0 Å². The first-order valence-corrected chi connectivity index (χ1v) is 5.30. The highest BCUT2D eigenvalue weighted by atomic mass is 35.5. The van der Waals surface area contributed by atoms with Gasteiger partial charge in [0.2, 0.25) is 0 Å². The van der Waals surface area contributed by atoms with Crippen molar-refractivity contribution in [3.63, 3.8) is 0 Å². The van der Waals surface area contributed by atoms with Gasteiger partial charge in [-0.2, -0.15) is 0 Å². The van der Waals surface area contributed by atoms with Crippen LogP contribution in [0, 0.1) is 17.8 Å². The Morgan fingerprint density at radius 3 is 1.45 bits per heavy atom. The van der Waals surface area contributed by atoms with E-state index >= 15 is 0 Å².